The molecule has 1 atom stereocenters. The van der Waals surface area contributed by atoms with Crippen LogP contribution in [0.15, 0.2) is 35.3 Å². The van der Waals surface area contributed by atoms with Crippen molar-refractivity contribution in [1.29, 1.82) is 5.26 Å². The summed E-state index contributed by atoms with van der Waals surface area (Å²) in [7, 11) is 1.87. The van der Waals surface area contributed by atoms with Crippen LogP contribution in [-0.2, 0) is 6.67 Å². The van der Waals surface area contributed by atoms with Crippen LogP contribution in [0.2, 0.25) is 0 Å². The summed E-state index contributed by atoms with van der Waals surface area (Å²) in [6.07, 6.45) is 1.69. The van der Waals surface area contributed by atoms with Crippen LogP contribution in [0.5, 0.6) is 0 Å². The molecule has 1 aromatic carbocycles. The first-order valence-corrected chi connectivity index (χ1v) is 6.15. The van der Waals surface area contributed by atoms with Crippen LogP contribution in [0, 0.1) is 17.2 Å². The molecule has 0 aliphatic heterocycles. The van der Waals surface area contributed by atoms with Gasteiger partial charge in [-0.05, 0) is 20.0 Å². The van der Waals surface area contributed by atoms with E-state index in [0.29, 0.717) is 18.6 Å². The summed E-state index contributed by atoms with van der Waals surface area (Å²) < 4.78 is 1.42. The molecule has 5 heteroatoms. The Bertz CT molecular complexity index is 671. The highest BCUT2D eigenvalue weighted by Crippen LogP contribution is 2.06. The lowest BCUT2D eigenvalue weighted by molar-refractivity contribution is 0.233. The van der Waals surface area contributed by atoms with E-state index in [0.717, 1.165) is 5.39 Å². The van der Waals surface area contributed by atoms with Crippen molar-refractivity contribution in [3.8, 4) is 6.07 Å². The highest BCUT2D eigenvalue weighted by Gasteiger charge is 2.08. The minimum Gasteiger partial charge on any atom is -0.286 e. The van der Waals surface area contributed by atoms with Crippen LogP contribution in [0.4, 0.5) is 0 Å². The molecular weight excluding hydrogens is 240 g/mol. The normalized spacial score (nSPS) is 12.5. The van der Waals surface area contributed by atoms with E-state index in [1.165, 1.54) is 4.68 Å². The van der Waals surface area contributed by atoms with Crippen molar-refractivity contribution in [2.45, 2.75) is 13.6 Å². The van der Waals surface area contributed by atoms with Gasteiger partial charge in [-0.25, -0.2) is 4.68 Å². The van der Waals surface area contributed by atoms with E-state index in [1.54, 1.807) is 12.3 Å². The molecule has 2 aromatic rings. The maximum atomic E-state index is 12.2. The van der Waals surface area contributed by atoms with Crippen molar-refractivity contribution in [3.05, 3.63) is 40.8 Å². The van der Waals surface area contributed by atoms with Crippen molar-refractivity contribution in [3.63, 3.8) is 0 Å². The van der Waals surface area contributed by atoms with Gasteiger partial charge in [0.1, 0.15) is 0 Å². The molecular formula is C14H16N4O. The largest absolute Gasteiger partial charge is 0.286 e. The molecule has 1 aromatic heterocycles. The lowest BCUT2D eigenvalue weighted by Crippen LogP contribution is -2.33. The molecule has 1 heterocycles. The van der Waals surface area contributed by atoms with Crippen molar-refractivity contribution in [1.82, 2.24) is 14.7 Å². The van der Waals surface area contributed by atoms with Gasteiger partial charge in [-0.15, -0.1) is 0 Å². The van der Waals surface area contributed by atoms with Gasteiger partial charge in [0.25, 0.3) is 5.56 Å². The molecule has 19 heavy (non-hydrogen) atoms. The minimum atomic E-state index is -0.102. The molecule has 2 rings (SSSR count). The molecule has 0 saturated heterocycles. The molecule has 0 fully saturated rings. The predicted octanol–water partition coefficient (Wildman–Crippen LogP) is 1.45. The van der Waals surface area contributed by atoms with E-state index in [1.807, 2.05) is 37.1 Å². The average molecular weight is 256 g/mol. The van der Waals surface area contributed by atoms with Gasteiger partial charge < -0.3 is 0 Å². The second-order valence-electron chi connectivity index (χ2n) is 4.75. The summed E-state index contributed by atoms with van der Waals surface area (Å²) >= 11 is 0. The summed E-state index contributed by atoms with van der Waals surface area (Å²) in [5.74, 6) is -0.0684. The zero-order chi connectivity index (χ0) is 13.8. The number of nitrogens with zero attached hydrogens (tertiary/aromatic N) is 4. The Kier molecular flexibility index (Phi) is 3.93. The van der Waals surface area contributed by atoms with Gasteiger partial charge in [-0.2, -0.15) is 10.4 Å². The van der Waals surface area contributed by atoms with Crippen molar-refractivity contribution < 1.29 is 0 Å². The third kappa shape index (κ3) is 2.98. The van der Waals surface area contributed by atoms with E-state index in [4.69, 9.17) is 5.26 Å². The number of rotatable bonds is 4. The Morgan fingerprint density at radius 2 is 2.21 bits per heavy atom. The molecule has 0 bridgehead atoms. The fourth-order valence-corrected chi connectivity index (χ4v) is 2.02. The summed E-state index contributed by atoms with van der Waals surface area (Å²) in [5, 5.41) is 14.5. The van der Waals surface area contributed by atoms with Gasteiger partial charge in [0.2, 0.25) is 0 Å². The number of hydrogen-bond donors (Lipinski definition) is 0. The average Bonchev–Trinajstić information content (AvgIpc) is 2.42. The highest BCUT2D eigenvalue weighted by molar-refractivity contribution is 5.80. The Morgan fingerprint density at radius 1 is 1.47 bits per heavy atom. The molecule has 98 valence electrons. The molecule has 0 aliphatic rings. The molecule has 5 nitrogen and oxygen atoms in total. The van der Waals surface area contributed by atoms with Crippen LogP contribution in [0.1, 0.15) is 6.92 Å². The lowest BCUT2D eigenvalue weighted by atomic mass is 10.2. The Balaban J connectivity index is 2.25. The lowest BCUT2D eigenvalue weighted by Gasteiger charge is -2.18. The number of fused-ring (bicyclic) bond motifs is 1. The monoisotopic (exact) mass is 256 g/mol. The van der Waals surface area contributed by atoms with Gasteiger partial charge in [0.05, 0.1) is 30.2 Å². The third-order valence-corrected chi connectivity index (χ3v) is 2.94. The van der Waals surface area contributed by atoms with Gasteiger partial charge in [0, 0.05) is 11.9 Å². The summed E-state index contributed by atoms with van der Waals surface area (Å²) in [6.45, 7) is 2.85. The Labute approximate surface area is 111 Å². The summed E-state index contributed by atoms with van der Waals surface area (Å²) in [6, 6.07) is 9.57. The molecule has 0 aliphatic carbocycles. The van der Waals surface area contributed by atoms with Crippen LogP contribution < -0.4 is 5.56 Å². The maximum Gasteiger partial charge on any atom is 0.275 e. The third-order valence-electron chi connectivity index (χ3n) is 2.94. The van der Waals surface area contributed by atoms with Gasteiger partial charge in [0.15, 0.2) is 0 Å². The molecule has 0 saturated carbocycles. The Morgan fingerprint density at radius 3 is 2.95 bits per heavy atom. The number of benzene rings is 1. The van der Waals surface area contributed by atoms with Crippen LogP contribution in [-0.4, -0.2) is 28.3 Å². The first kappa shape index (κ1) is 13.2. The second kappa shape index (κ2) is 5.63. The Hall–Kier alpha value is -2.19. The minimum absolute atomic E-state index is 0.0684. The zero-order valence-electron chi connectivity index (χ0n) is 11.1. The topological polar surface area (TPSA) is 61.9 Å². The zero-order valence-corrected chi connectivity index (χ0v) is 11.1. The van der Waals surface area contributed by atoms with Crippen molar-refractivity contribution >= 4 is 10.8 Å². The second-order valence-corrected chi connectivity index (χ2v) is 4.75. The van der Waals surface area contributed by atoms with Crippen LogP contribution >= 0.6 is 0 Å². The standard InChI is InChI=1S/C14H16N4O/c1-11(7-15)9-17(2)10-18-14(19)13-6-4-3-5-12(13)8-16-18/h3-6,8,11H,9-10H2,1-2H3/t11-/m0/s1. The number of nitriles is 1. The first-order chi connectivity index (χ1) is 9.11. The first-order valence-electron chi connectivity index (χ1n) is 6.15. The maximum absolute atomic E-state index is 12.2. The van der Waals surface area contributed by atoms with E-state index in [2.05, 4.69) is 11.2 Å². The van der Waals surface area contributed by atoms with E-state index < -0.39 is 0 Å². The van der Waals surface area contributed by atoms with Gasteiger partial charge in [-0.3, -0.25) is 9.69 Å². The van der Waals surface area contributed by atoms with E-state index in [9.17, 15) is 4.79 Å². The van der Waals surface area contributed by atoms with Crippen LogP contribution in [0.25, 0.3) is 10.8 Å². The fourth-order valence-electron chi connectivity index (χ4n) is 2.02. The fraction of sp³-hybridized carbons (Fsp3) is 0.357. The smallest absolute Gasteiger partial charge is 0.275 e. The molecule has 0 spiro atoms. The van der Waals surface area contributed by atoms with Gasteiger partial charge >= 0.3 is 0 Å². The SMILES string of the molecule is C[C@@H](C#N)CN(C)Cn1ncc2ccccc2c1=O. The van der Waals surface area contributed by atoms with E-state index in [-0.39, 0.29) is 11.5 Å². The molecule has 0 N–H and O–H groups in total. The quantitative estimate of drug-likeness (QED) is 0.830. The molecule has 0 radical (unpaired) electrons. The van der Waals surface area contributed by atoms with Crippen molar-refractivity contribution in [2.24, 2.45) is 5.92 Å². The predicted molar refractivity (Wildman–Crippen MR) is 73.4 cm³/mol. The van der Waals surface area contributed by atoms with Crippen LogP contribution in [0.3, 0.4) is 0 Å². The van der Waals surface area contributed by atoms with Crippen molar-refractivity contribution in [2.75, 3.05) is 13.6 Å². The van der Waals surface area contributed by atoms with Gasteiger partial charge in [-0.1, -0.05) is 18.2 Å². The molecule has 0 amide bonds. The van der Waals surface area contributed by atoms with E-state index >= 15 is 0 Å². The highest BCUT2D eigenvalue weighted by atomic mass is 16.1. The number of aromatic nitrogens is 2. The molecule has 0 unspecified atom stereocenters. The number of hydrogen-bond acceptors (Lipinski definition) is 4. The summed E-state index contributed by atoms with van der Waals surface area (Å²) in [4.78, 5) is 14.1. The summed E-state index contributed by atoms with van der Waals surface area (Å²) in [5.41, 5.74) is -0.102.